The van der Waals surface area contributed by atoms with Crippen molar-refractivity contribution < 1.29 is 32.1 Å². The average molecular weight is 482 g/mol. The summed E-state index contributed by atoms with van der Waals surface area (Å²) < 4.78 is 62.8. The van der Waals surface area contributed by atoms with Crippen molar-refractivity contribution in [3.8, 4) is 11.5 Å². The fraction of sp³-hybridized carbons (Fsp3) is 0.364. The Morgan fingerprint density at radius 1 is 1.12 bits per heavy atom. The number of alkyl halides is 3. The van der Waals surface area contributed by atoms with Crippen molar-refractivity contribution in [2.24, 2.45) is 0 Å². The topological polar surface area (TPSA) is 74.7 Å². The molecule has 0 amide bonds. The van der Waals surface area contributed by atoms with Crippen LogP contribution in [0.15, 0.2) is 36.7 Å². The Morgan fingerprint density at radius 2 is 1.97 bits per heavy atom. The van der Waals surface area contributed by atoms with Gasteiger partial charge in [0.15, 0.2) is 17.6 Å². The van der Waals surface area contributed by atoms with E-state index in [1.807, 2.05) is 0 Å². The summed E-state index contributed by atoms with van der Waals surface area (Å²) >= 11 is 5.72. The molecule has 1 aromatic heterocycles. The molecule has 3 heterocycles. The van der Waals surface area contributed by atoms with Crippen molar-refractivity contribution in [3.63, 3.8) is 0 Å². The van der Waals surface area contributed by atoms with E-state index in [0.29, 0.717) is 41.4 Å². The Balaban J connectivity index is 1.46. The first-order valence-corrected chi connectivity index (χ1v) is 10.6. The highest BCUT2D eigenvalue weighted by molar-refractivity contribution is 6.31. The van der Waals surface area contributed by atoms with Gasteiger partial charge in [0.25, 0.3) is 0 Å². The molecule has 7 nitrogen and oxygen atoms in total. The molecule has 2 aliphatic heterocycles. The van der Waals surface area contributed by atoms with Crippen molar-refractivity contribution in [3.05, 3.63) is 47.2 Å². The lowest BCUT2D eigenvalue weighted by Gasteiger charge is -2.20. The number of anilines is 2. The van der Waals surface area contributed by atoms with E-state index in [2.05, 4.69) is 15.3 Å². The molecular weight excluding hydrogens is 463 g/mol. The minimum atomic E-state index is -4.58. The van der Waals surface area contributed by atoms with Crippen molar-refractivity contribution in [2.75, 3.05) is 25.6 Å². The number of methoxy groups -OCH3 is 1. The van der Waals surface area contributed by atoms with Crippen LogP contribution in [0.4, 0.5) is 24.7 Å². The van der Waals surface area contributed by atoms with Gasteiger partial charge in [0.05, 0.1) is 35.9 Å². The second-order valence-corrected chi connectivity index (χ2v) is 8.12. The lowest BCUT2D eigenvalue weighted by Crippen LogP contribution is -2.32. The number of ether oxygens (including phenoxy) is 4. The fourth-order valence-electron chi connectivity index (χ4n) is 4.07. The van der Waals surface area contributed by atoms with E-state index in [1.165, 1.54) is 25.6 Å². The molecule has 11 heteroatoms. The Labute approximate surface area is 191 Å². The zero-order chi connectivity index (χ0) is 23.2. The number of halogens is 4. The van der Waals surface area contributed by atoms with E-state index in [9.17, 15) is 13.2 Å². The van der Waals surface area contributed by atoms with Gasteiger partial charge >= 0.3 is 6.18 Å². The zero-order valence-corrected chi connectivity index (χ0v) is 18.1. The second-order valence-electron chi connectivity index (χ2n) is 7.71. The number of hydrogen-bond donors (Lipinski definition) is 1. The molecule has 1 unspecified atom stereocenters. The molecule has 174 valence electrons. The molecule has 3 atom stereocenters. The SMILES string of the molecule is COc1cc2c(Nc3ccc(Cl)c(C(F)(F)F)c3)ncnc2cc1O[C@@H]1COC2CCO[C@H]21. The van der Waals surface area contributed by atoms with Gasteiger partial charge in [0.1, 0.15) is 18.2 Å². The highest BCUT2D eigenvalue weighted by Crippen LogP contribution is 2.39. The number of benzene rings is 2. The van der Waals surface area contributed by atoms with Gasteiger partial charge in [-0.1, -0.05) is 11.6 Å². The van der Waals surface area contributed by atoms with E-state index in [1.54, 1.807) is 12.1 Å². The zero-order valence-electron chi connectivity index (χ0n) is 17.4. The molecule has 1 N–H and O–H groups in total. The van der Waals surface area contributed by atoms with Crippen LogP contribution in [0.25, 0.3) is 10.9 Å². The second kappa shape index (κ2) is 8.51. The maximum absolute atomic E-state index is 13.2. The molecule has 5 rings (SSSR count). The highest BCUT2D eigenvalue weighted by atomic mass is 35.5. The molecule has 0 bridgehead atoms. The molecule has 3 aromatic rings. The first-order chi connectivity index (χ1) is 15.8. The molecular formula is C22H19ClF3N3O4. The summed E-state index contributed by atoms with van der Waals surface area (Å²) in [6.07, 6.45) is -2.82. The first-order valence-electron chi connectivity index (χ1n) is 10.2. The van der Waals surface area contributed by atoms with Gasteiger partial charge in [-0.05, 0) is 30.7 Å². The Hall–Kier alpha value is -2.82. The molecule has 2 saturated heterocycles. The van der Waals surface area contributed by atoms with Crippen molar-refractivity contribution in [1.29, 1.82) is 0 Å². The predicted octanol–water partition coefficient (Wildman–Crippen LogP) is 4.99. The van der Waals surface area contributed by atoms with Crippen LogP contribution in [-0.4, -0.2) is 48.6 Å². The quantitative estimate of drug-likeness (QED) is 0.550. The van der Waals surface area contributed by atoms with E-state index in [0.717, 1.165) is 12.5 Å². The monoisotopic (exact) mass is 481 g/mol. The molecule has 2 fully saturated rings. The van der Waals surface area contributed by atoms with Crippen molar-refractivity contribution >= 4 is 34.0 Å². The number of nitrogens with one attached hydrogen (secondary N) is 1. The lowest BCUT2D eigenvalue weighted by molar-refractivity contribution is -0.137. The van der Waals surface area contributed by atoms with Gasteiger partial charge in [0.2, 0.25) is 0 Å². The average Bonchev–Trinajstić information content (AvgIpc) is 3.39. The summed E-state index contributed by atoms with van der Waals surface area (Å²) in [6, 6.07) is 6.94. The third-order valence-electron chi connectivity index (χ3n) is 5.65. The van der Waals surface area contributed by atoms with Crippen LogP contribution in [0.3, 0.4) is 0 Å². The van der Waals surface area contributed by atoms with Gasteiger partial charge in [-0.2, -0.15) is 13.2 Å². The first kappa shape index (κ1) is 22.0. The Kier molecular flexibility index (Phi) is 5.67. The van der Waals surface area contributed by atoms with Crippen LogP contribution in [0, 0.1) is 0 Å². The minimum Gasteiger partial charge on any atom is -0.493 e. The molecule has 0 radical (unpaired) electrons. The standard InChI is InChI=1S/C22H19ClF3N3O4/c1-30-17-7-12-15(8-18(17)33-19-9-32-16-4-5-31-20(16)19)27-10-28-21(12)29-11-2-3-14(23)13(6-11)22(24,25)26/h2-3,6-8,10,16,19-20H,4-5,9H2,1H3,(H,27,28,29)/t16?,19-,20-/m1/s1. The van der Waals surface area contributed by atoms with Crippen LogP contribution < -0.4 is 14.8 Å². The highest BCUT2D eigenvalue weighted by Gasteiger charge is 2.43. The third-order valence-corrected chi connectivity index (χ3v) is 5.98. The summed E-state index contributed by atoms with van der Waals surface area (Å²) in [5, 5.41) is 3.08. The largest absolute Gasteiger partial charge is 0.493 e. The van der Waals surface area contributed by atoms with E-state index >= 15 is 0 Å². The Bertz CT molecular complexity index is 1190. The fourth-order valence-corrected chi connectivity index (χ4v) is 4.29. The summed E-state index contributed by atoms with van der Waals surface area (Å²) in [7, 11) is 1.50. The molecule has 2 aromatic carbocycles. The summed E-state index contributed by atoms with van der Waals surface area (Å²) in [5.74, 6) is 1.20. The molecule has 0 saturated carbocycles. The summed E-state index contributed by atoms with van der Waals surface area (Å²) in [6.45, 7) is 1.04. The number of nitrogens with zero attached hydrogens (tertiary/aromatic N) is 2. The molecule has 33 heavy (non-hydrogen) atoms. The summed E-state index contributed by atoms with van der Waals surface area (Å²) in [4.78, 5) is 8.48. The van der Waals surface area contributed by atoms with Gasteiger partial charge in [-0.15, -0.1) is 0 Å². The van der Waals surface area contributed by atoms with Crippen LogP contribution >= 0.6 is 11.6 Å². The van der Waals surface area contributed by atoms with Crippen LogP contribution in [0.1, 0.15) is 12.0 Å². The molecule has 0 spiro atoms. The summed E-state index contributed by atoms with van der Waals surface area (Å²) in [5.41, 5.74) is -0.235. The van der Waals surface area contributed by atoms with Gasteiger partial charge in [-0.3, -0.25) is 0 Å². The van der Waals surface area contributed by atoms with Crippen LogP contribution in [0.5, 0.6) is 11.5 Å². The van der Waals surface area contributed by atoms with Crippen molar-refractivity contribution in [2.45, 2.75) is 30.9 Å². The number of fused-ring (bicyclic) bond motifs is 2. The van der Waals surface area contributed by atoms with Crippen molar-refractivity contribution in [1.82, 2.24) is 9.97 Å². The van der Waals surface area contributed by atoms with Crippen LogP contribution in [0.2, 0.25) is 5.02 Å². The molecule has 2 aliphatic rings. The maximum atomic E-state index is 13.2. The minimum absolute atomic E-state index is 0.0283. The number of hydrogen-bond acceptors (Lipinski definition) is 7. The maximum Gasteiger partial charge on any atom is 0.417 e. The van der Waals surface area contributed by atoms with E-state index in [4.69, 9.17) is 30.5 Å². The van der Waals surface area contributed by atoms with E-state index < -0.39 is 11.7 Å². The normalized spacial score (nSPS) is 22.4. The van der Waals surface area contributed by atoms with E-state index in [-0.39, 0.29) is 29.0 Å². The lowest BCUT2D eigenvalue weighted by atomic mass is 10.1. The number of rotatable bonds is 5. The van der Waals surface area contributed by atoms with Gasteiger partial charge < -0.3 is 24.3 Å². The Morgan fingerprint density at radius 3 is 2.76 bits per heavy atom. The van der Waals surface area contributed by atoms with Gasteiger partial charge in [0, 0.05) is 23.7 Å². The third kappa shape index (κ3) is 4.25. The smallest absolute Gasteiger partial charge is 0.417 e. The molecule has 0 aliphatic carbocycles. The number of aromatic nitrogens is 2. The van der Waals surface area contributed by atoms with Crippen LogP contribution in [-0.2, 0) is 15.7 Å². The van der Waals surface area contributed by atoms with Gasteiger partial charge in [-0.25, -0.2) is 9.97 Å². The predicted molar refractivity (Wildman–Crippen MR) is 114 cm³/mol.